The van der Waals surface area contributed by atoms with Crippen LogP contribution in [0, 0.1) is 17.3 Å². The minimum atomic E-state index is -0.975. The fourth-order valence-corrected chi connectivity index (χ4v) is 4.56. The minimum absolute atomic E-state index is 0.0715. The maximum atomic E-state index is 12.8. The van der Waals surface area contributed by atoms with Crippen LogP contribution in [0.4, 0.5) is 0 Å². The van der Waals surface area contributed by atoms with Crippen LogP contribution >= 0.6 is 0 Å². The van der Waals surface area contributed by atoms with Crippen LogP contribution in [0.15, 0.2) is 30.3 Å². The number of benzene rings is 1. The summed E-state index contributed by atoms with van der Waals surface area (Å²) in [6.07, 6.45) is 2.14. The molecule has 4 atom stereocenters. The van der Waals surface area contributed by atoms with Crippen LogP contribution in [-0.2, 0) is 20.9 Å². The highest BCUT2D eigenvalue weighted by Gasteiger charge is 2.65. The van der Waals surface area contributed by atoms with E-state index in [4.69, 9.17) is 4.74 Å². The summed E-state index contributed by atoms with van der Waals surface area (Å²) >= 11 is 0. The predicted molar refractivity (Wildman–Crippen MR) is 96.9 cm³/mol. The van der Waals surface area contributed by atoms with Crippen molar-refractivity contribution in [3.8, 4) is 0 Å². The van der Waals surface area contributed by atoms with Gasteiger partial charge < -0.3 is 10.1 Å². The van der Waals surface area contributed by atoms with Gasteiger partial charge >= 0.3 is 5.97 Å². The van der Waals surface area contributed by atoms with E-state index in [1.54, 1.807) is 0 Å². The summed E-state index contributed by atoms with van der Waals surface area (Å²) in [5, 5.41) is 3.27. The van der Waals surface area contributed by atoms with Crippen LogP contribution in [0.2, 0.25) is 0 Å². The smallest absolute Gasteiger partial charge is 0.324 e. The predicted octanol–water partition coefficient (Wildman–Crippen LogP) is 3.49. The largest absolute Gasteiger partial charge is 0.450 e. The van der Waals surface area contributed by atoms with Gasteiger partial charge in [-0.25, -0.2) is 0 Å². The molecule has 0 aromatic heterocycles. The van der Waals surface area contributed by atoms with Crippen molar-refractivity contribution in [1.82, 2.24) is 5.32 Å². The number of esters is 1. The normalized spacial score (nSPS) is 31.1. The van der Waals surface area contributed by atoms with Gasteiger partial charge in [0.05, 0.1) is 0 Å². The van der Waals surface area contributed by atoms with Crippen molar-refractivity contribution in [2.75, 3.05) is 0 Å². The molecule has 0 amide bonds. The number of hydrogen-bond acceptors (Lipinski definition) is 4. The molecular weight excluding hydrogens is 314 g/mol. The van der Waals surface area contributed by atoms with Crippen LogP contribution in [0.1, 0.15) is 52.5 Å². The van der Waals surface area contributed by atoms with Crippen LogP contribution in [-0.4, -0.2) is 23.4 Å². The standard InChI is InChI=1S/C21H29NO3/c1-5-16(22-13-14-9-7-6-8-10-14)19(24)25-21(4)17-11-15(12-18(21)23)20(17,2)3/h6-10,15-17,22H,5,11-13H2,1-4H3/t15-,16+,17-,21-/m1/s1. The van der Waals surface area contributed by atoms with Crippen molar-refractivity contribution in [2.45, 2.75) is 65.1 Å². The number of carbonyl (C=O) groups is 2. The molecular formula is C21H29NO3. The average molecular weight is 343 g/mol. The number of carbonyl (C=O) groups excluding carboxylic acids is 2. The molecule has 0 heterocycles. The Bertz CT molecular complexity index is 654. The van der Waals surface area contributed by atoms with Gasteiger partial charge in [-0.05, 0) is 36.7 Å². The molecule has 4 rings (SSSR count). The molecule has 3 fully saturated rings. The summed E-state index contributed by atoms with van der Waals surface area (Å²) in [4.78, 5) is 25.3. The fourth-order valence-electron chi connectivity index (χ4n) is 4.56. The van der Waals surface area contributed by atoms with Gasteiger partial charge in [0.1, 0.15) is 6.04 Å². The van der Waals surface area contributed by atoms with Gasteiger partial charge in [0.15, 0.2) is 11.4 Å². The molecule has 0 radical (unpaired) electrons. The molecule has 4 nitrogen and oxygen atoms in total. The number of ketones is 1. The zero-order chi connectivity index (χ0) is 18.2. The molecule has 3 aliphatic carbocycles. The van der Waals surface area contributed by atoms with Crippen LogP contribution < -0.4 is 5.32 Å². The van der Waals surface area contributed by atoms with Crippen molar-refractivity contribution in [1.29, 1.82) is 0 Å². The number of hydrogen-bond donors (Lipinski definition) is 1. The number of Topliss-reactive ketones (excluding diaryl/α,β-unsaturated/α-hetero) is 1. The highest BCUT2D eigenvalue weighted by Crippen LogP contribution is 2.62. The maximum Gasteiger partial charge on any atom is 0.324 e. The van der Waals surface area contributed by atoms with Crippen LogP contribution in [0.3, 0.4) is 0 Å². The van der Waals surface area contributed by atoms with Gasteiger partial charge in [0.2, 0.25) is 0 Å². The van der Waals surface area contributed by atoms with E-state index in [1.807, 2.05) is 44.2 Å². The third-order valence-electron chi connectivity index (χ3n) is 6.52. The van der Waals surface area contributed by atoms with Crippen LogP contribution in [0.5, 0.6) is 0 Å². The molecule has 1 aromatic carbocycles. The summed E-state index contributed by atoms with van der Waals surface area (Å²) in [5.74, 6) is 0.339. The molecule has 0 aliphatic heterocycles. The SMILES string of the molecule is CC[C@H](NCc1ccccc1)C(=O)O[C@@]1(C)C(=O)C[C@H]2C[C@@H]1C2(C)C. The lowest BCUT2D eigenvalue weighted by atomic mass is 9.44. The quantitative estimate of drug-likeness (QED) is 0.803. The van der Waals surface area contributed by atoms with Crippen molar-refractivity contribution in [3.63, 3.8) is 0 Å². The second-order valence-electron chi connectivity index (χ2n) is 8.29. The van der Waals surface area contributed by atoms with E-state index in [1.165, 1.54) is 0 Å². The molecule has 1 N–H and O–H groups in total. The minimum Gasteiger partial charge on any atom is -0.450 e. The Morgan fingerprint density at radius 2 is 1.96 bits per heavy atom. The topological polar surface area (TPSA) is 55.4 Å². The van der Waals surface area contributed by atoms with E-state index in [2.05, 4.69) is 19.2 Å². The summed E-state index contributed by atoms with van der Waals surface area (Å²) < 4.78 is 5.87. The van der Waals surface area contributed by atoms with Crippen molar-refractivity contribution >= 4 is 11.8 Å². The molecule has 4 heteroatoms. The number of fused-ring (bicyclic) bond motifs is 2. The number of ether oxygens (including phenoxy) is 1. The lowest BCUT2D eigenvalue weighted by Crippen LogP contribution is -2.66. The van der Waals surface area contributed by atoms with Crippen molar-refractivity contribution < 1.29 is 14.3 Å². The molecule has 25 heavy (non-hydrogen) atoms. The molecule has 136 valence electrons. The summed E-state index contributed by atoms with van der Waals surface area (Å²) in [5.41, 5.74) is 0.218. The van der Waals surface area contributed by atoms with Gasteiger partial charge in [-0.3, -0.25) is 9.59 Å². The molecule has 0 saturated heterocycles. The summed E-state index contributed by atoms with van der Waals surface area (Å²) in [6, 6.07) is 9.58. The third-order valence-corrected chi connectivity index (χ3v) is 6.52. The fraction of sp³-hybridized carbons (Fsp3) is 0.619. The second-order valence-corrected chi connectivity index (χ2v) is 8.29. The third kappa shape index (κ3) is 3.12. The Morgan fingerprint density at radius 1 is 1.28 bits per heavy atom. The maximum absolute atomic E-state index is 12.8. The highest BCUT2D eigenvalue weighted by molar-refractivity contribution is 5.92. The first-order valence-electron chi connectivity index (χ1n) is 9.32. The molecule has 3 aliphatic rings. The highest BCUT2D eigenvalue weighted by atomic mass is 16.6. The monoisotopic (exact) mass is 343 g/mol. The van der Waals surface area contributed by atoms with Gasteiger partial charge in [-0.1, -0.05) is 51.1 Å². The lowest BCUT2D eigenvalue weighted by Gasteiger charge is -2.62. The Kier molecular flexibility index (Phi) is 4.76. The summed E-state index contributed by atoms with van der Waals surface area (Å²) in [7, 11) is 0. The van der Waals surface area contributed by atoms with E-state index in [0.717, 1.165) is 12.0 Å². The molecule has 1 aromatic rings. The summed E-state index contributed by atoms with van der Waals surface area (Å²) in [6.45, 7) is 8.76. The number of nitrogens with one attached hydrogen (secondary N) is 1. The first-order valence-corrected chi connectivity index (χ1v) is 9.32. The Labute approximate surface area is 150 Å². The van der Waals surface area contributed by atoms with E-state index < -0.39 is 11.6 Å². The Morgan fingerprint density at radius 3 is 2.56 bits per heavy atom. The number of rotatable bonds is 6. The van der Waals surface area contributed by atoms with E-state index >= 15 is 0 Å². The zero-order valence-corrected chi connectivity index (χ0v) is 15.7. The zero-order valence-electron chi connectivity index (χ0n) is 15.7. The van der Waals surface area contributed by atoms with Crippen LogP contribution in [0.25, 0.3) is 0 Å². The van der Waals surface area contributed by atoms with Gasteiger partial charge in [0.25, 0.3) is 0 Å². The van der Waals surface area contributed by atoms with E-state index in [0.29, 0.717) is 25.3 Å². The molecule has 3 saturated carbocycles. The lowest BCUT2D eigenvalue weighted by molar-refractivity contribution is -0.214. The van der Waals surface area contributed by atoms with E-state index in [9.17, 15) is 9.59 Å². The Hall–Kier alpha value is -1.68. The average Bonchev–Trinajstić information content (AvgIpc) is 2.58. The van der Waals surface area contributed by atoms with Gasteiger partial charge in [-0.15, -0.1) is 0 Å². The molecule has 0 unspecified atom stereocenters. The van der Waals surface area contributed by atoms with Crippen molar-refractivity contribution in [3.05, 3.63) is 35.9 Å². The van der Waals surface area contributed by atoms with Gasteiger partial charge in [0, 0.05) is 18.9 Å². The molecule has 2 bridgehead atoms. The Balaban J connectivity index is 1.66. The first-order chi connectivity index (χ1) is 11.8. The van der Waals surface area contributed by atoms with E-state index in [-0.39, 0.29) is 23.1 Å². The second kappa shape index (κ2) is 6.56. The molecule has 0 spiro atoms. The first kappa shape index (κ1) is 18.1. The van der Waals surface area contributed by atoms with Crippen molar-refractivity contribution in [2.24, 2.45) is 17.3 Å². The van der Waals surface area contributed by atoms with Gasteiger partial charge in [-0.2, -0.15) is 0 Å².